The zero-order valence-electron chi connectivity index (χ0n) is 8.78. The van der Waals surface area contributed by atoms with Gasteiger partial charge in [-0.2, -0.15) is 5.10 Å². The number of hydrogen-bond donors (Lipinski definition) is 1. The van der Waals surface area contributed by atoms with E-state index >= 15 is 0 Å². The molecule has 0 spiro atoms. The SMILES string of the molecule is S=c1[nH]nc(-c2cc(Cl)ccc2I)n1C1CC1. The molecule has 1 aliphatic rings. The van der Waals surface area contributed by atoms with Crippen LogP contribution < -0.4 is 0 Å². The van der Waals surface area contributed by atoms with Gasteiger partial charge >= 0.3 is 0 Å². The number of hydrogen-bond acceptors (Lipinski definition) is 2. The molecule has 0 atom stereocenters. The van der Waals surface area contributed by atoms with Gasteiger partial charge in [-0.1, -0.05) is 11.6 Å². The van der Waals surface area contributed by atoms with Gasteiger partial charge in [0.15, 0.2) is 10.6 Å². The first-order valence-electron chi connectivity index (χ1n) is 5.29. The van der Waals surface area contributed by atoms with Gasteiger partial charge in [-0.05, 0) is 65.8 Å². The lowest BCUT2D eigenvalue weighted by Crippen LogP contribution is -1.98. The second kappa shape index (κ2) is 4.37. The molecule has 0 radical (unpaired) electrons. The predicted octanol–water partition coefficient (Wildman–Crippen LogP) is 4.20. The van der Waals surface area contributed by atoms with E-state index in [9.17, 15) is 0 Å². The van der Waals surface area contributed by atoms with E-state index in [2.05, 4.69) is 37.4 Å². The predicted molar refractivity (Wildman–Crippen MR) is 78.8 cm³/mol. The van der Waals surface area contributed by atoms with Crippen molar-refractivity contribution in [1.29, 1.82) is 0 Å². The first-order valence-corrected chi connectivity index (χ1v) is 7.15. The Morgan fingerprint density at radius 1 is 1.47 bits per heavy atom. The van der Waals surface area contributed by atoms with Crippen LogP contribution in [0, 0.1) is 8.34 Å². The number of aromatic nitrogens is 3. The maximum Gasteiger partial charge on any atom is 0.195 e. The van der Waals surface area contributed by atoms with Crippen molar-refractivity contribution in [3.63, 3.8) is 0 Å². The number of H-pyrrole nitrogens is 1. The lowest BCUT2D eigenvalue weighted by Gasteiger charge is -2.07. The minimum Gasteiger partial charge on any atom is -0.297 e. The third kappa shape index (κ3) is 2.15. The minimum absolute atomic E-state index is 0.506. The van der Waals surface area contributed by atoms with Crippen LogP contribution in [0.5, 0.6) is 0 Å². The molecule has 17 heavy (non-hydrogen) atoms. The lowest BCUT2D eigenvalue weighted by molar-refractivity contribution is 0.735. The summed E-state index contributed by atoms with van der Waals surface area (Å²) < 4.78 is 3.92. The van der Waals surface area contributed by atoms with Crippen molar-refractivity contribution in [2.75, 3.05) is 0 Å². The number of benzene rings is 1. The van der Waals surface area contributed by atoms with Gasteiger partial charge in [-0.25, -0.2) is 0 Å². The Morgan fingerprint density at radius 2 is 2.24 bits per heavy atom. The molecule has 0 aliphatic heterocycles. The van der Waals surface area contributed by atoms with E-state index in [0.29, 0.717) is 10.8 Å². The fourth-order valence-corrected chi connectivity index (χ4v) is 2.87. The standard InChI is InChI=1S/C11H9ClIN3S/c12-6-1-4-9(13)8(5-6)10-14-15-11(17)16(10)7-2-3-7/h1,4-5,7H,2-3H2,(H,15,17). The van der Waals surface area contributed by atoms with Crippen LogP contribution in [0.4, 0.5) is 0 Å². The molecule has 0 amide bonds. The summed E-state index contributed by atoms with van der Waals surface area (Å²) in [6, 6.07) is 6.32. The van der Waals surface area contributed by atoms with E-state index < -0.39 is 0 Å². The number of nitrogens with one attached hydrogen (secondary N) is 1. The quantitative estimate of drug-likeness (QED) is 0.628. The van der Waals surface area contributed by atoms with E-state index in [0.717, 1.165) is 20.0 Å². The third-order valence-electron chi connectivity index (χ3n) is 2.79. The summed E-state index contributed by atoms with van der Waals surface area (Å²) in [6.45, 7) is 0. The van der Waals surface area contributed by atoms with Gasteiger partial charge in [0.1, 0.15) is 0 Å². The summed E-state index contributed by atoms with van der Waals surface area (Å²) in [7, 11) is 0. The van der Waals surface area contributed by atoms with Crippen molar-refractivity contribution < 1.29 is 0 Å². The van der Waals surface area contributed by atoms with Gasteiger partial charge in [0, 0.05) is 20.2 Å². The second-order valence-corrected chi connectivity index (χ2v) is 6.06. The first kappa shape index (κ1) is 11.7. The molecule has 2 aromatic rings. The third-order valence-corrected chi connectivity index (χ3v) is 4.25. The zero-order valence-corrected chi connectivity index (χ0v) is 12.5. The molecule has 1 aliphatic carbocycles. The van der Waals surface area contributed by atoms with E-state index in [1.165, 1.54) is 12.8 Å². The van der Waals surface area contributed by atoms with Crippen LogP contribution in [0.3, 0.4) is 0 Å². The molecular weight excluding hydrogens is 369 g/mol. The van der Waals surface area contributed by atoms with Gasteiger partial charge in [0.05, 0.1) is 0 Å². The molecular formula is C11H9ClIN3S. The van der Waals surface area contributed by atoms with Crippen LogP contribution in [0.1, 0.15) is 18.9 Å². The van der Waals surface area contributed by atoms with Crippen molar-refractivity contribution in [2.45, 2.75) is 18.9 Å². The molecule has 88 valence electrons. The van der Waals surface area contributed by atoms with Crippen molar-refractivity contribution in [3.8, 4) is 11.4 Å². The average molecular weight is 378 g/mol. The van der Waals surface area contributed by atoms with Crippen LogP contribution in [-0.4, -0.2) is 14.8 Å². The van der Waals surface area contributed by atoms with Crippen LogP contribution in [-0.2, 0) is 0 Å². The highest BCUT2D eigenvalue weighted by Crippen LogP contribution is 2.39. The Hall–Kier alpha value is -0.400. The van der Waals surface area contributed by atoms with Crippen molar-refractivity contribution in [2.24, 2.45) is 0 Å². The fraction of sp³-hybridized carbons (Fsp3) is 0.273. The summed E-state index contributed by atoms with van der Waals surface area (Å²) >= 11 is 13.6. The molecule has 0 bridgehead atoms. The largest absolute Gasteiger partial charge is 0.297 e. The molecule has 0 saturated heterocycles. The number of nitrogens with zero attached hydrogens (tertiary/aromatic N) is 2. The van der Waals surface area contributed by atoms with Crippen LogP contribution in [0.2, 0.25) is 5.02 Å². The van der Waals surface area contributed by atoms with Gasteiger partial charge in [0.25, 0.3) is 0 Å². The van der Waals surface area contributed by atoms with Crippen LogP contribution in [0.25, 0.3) is 11.4 Å². The maximum atomic E-state index is 6.04. The smallest absolute Gasteiger partial charge is 0.195 e. The highest BCUT2D eigenvalue weighted by Gasteiger charge is 2.28. The summed E-state index contributed by atoms with van der Waals surface area (Å²) in [4.78, 5) is 0. The summed E-state index contributed by atoms with van der Waals surface area (Å²) in [5.74, 6) is 0.893. The number of halogens is 2. The second-order valence-electron chi connectivity index (χ2n) is 4.08. The lowest BCUT2D eigenvalue weighted by atomic mass is 10.2. The monoisotopic (exact) mass is 377 g/mol. The zero-order chi connectivity index (χ0) is 12.0. The molecule has 1 aromatic heterocycles. The molecule has 1 fully saturated rings. The average Bonchev–Trinajstić information content (AvgIpc) is 3.06. The first-order chi connectivity index (χ1) is 8.16. The van der Waals surface area contributed by atoms with Crippen molar-refractivity contribution >= 4 is 46.4 Å². The van der Waals surface area contributed by atoms with Gasteiger partial charge in [-0.15, -0.1) is 0 Å². The molecule has 0 unspecified atom stereocenters. The van der Waals surface area contributed by atoms with E-state index in [1.807, 2.05) is 18.2 Å². The molecule has 1 saturated carbocycles. The molecule has 1 aromatic carbocycles. The van der Waals surface area contributed by atoms with E-state index in [-0.39, 0.29) is 0 Å². The highest BCUT2D eigenvalue weighted by atomic mass is 127. The Bertz CT molecular complexity index is 630. The number of aromatic amines is 1. The van der Waals surface area contributed by atoms with Crippen LogP contribution in [0.15, 0.2) is 18.2 Å². The number of rotatable bonds is 2. The Balaban J connectivity index is 2.21. The van der Waals surface area contributed by atoms with E-state index in [1.54, 1.807) is 0 Å². The van der Waals surface area contributed by atoms with E-state index in [4.69, 9.17) is 23.8 Å². The van der Waals surface area contributed by atoms with Gasteiger partial charge in [-0.3, -0.25) is 9.67 Å². The summed E-state index contributed by atoms with van der Waals surface area (Å²) in [5, 5.41) is 7.92. The molecule has 1 heterocycles. The Labute approximate surface area is 122 Å². The van der Waals surface area contributed by atoms with Crippen molar-refractivity contribution in [3.05, 3.63) is 31.6 Å². The Morgan fingerprint density at radius 3 is 2.94 bits per heavy atom. The molecule has 3 nitrogen and oxygen atoms in total. The molecule has 3 rings (SSSR count). The van der Waals surface area contributed by atoms with Gasteiger partial charge in [0.2, 0.25) is 0 Å². The van der Waals surface area contributed by atoms with Crippen LogP contribution >= 0.6 is 46.4 Å². The summed E-state index contributed by atoms with van der Waals surface area (Å²) in [5.41, 5.74) is 1.04. The van der Waals surface area contributed by atoms with Crippen molar-refractivity contribution in [1.82, 2.24) is 14.8 Å². The molecule has 6 heteroatoms. The Kier molecular flexibility index (Phi) is 3.00. The normalized spacial score (nSPS) is 15.2. The minimum atomic E-state index is 0.506. The summed E-state index contributed by atoms with van der Waals surface area (Å²) in [6.07, 6.45) is 2.36. The topological polar surface area (TPSA) is 33.6 Å². The molecule has 1 N–H and O–H groups in total. The highest BCUT2D eigenvalue weighted by molar-refractivity contribution is 14.1. The fourth-order valence-electron chi connectivity index (χ4n) is 1.84. The maximum absolute atomic E-state index is 6.04. The van der Waals surface area contributed by atoms with Gasteiger partial charge < -0.3 is 0 Å².